The molecule has 0 saturated carbocycles. The summed E-state index contributed by atoms with van der Waals surface area (Å²) in [6.45, 7) is -3.00. The molecule has 1 aliphatic rings. The molecule has 3 aromatic carbocycles. The zero-order chi connectivity index (χ0) is 21.5. The van der Waals surface area contributed by atoms with Gasteiger partial charge in [0.2, 0.25) is 10.0 Å². The second-order valence-corrected chi connectivity index (χ2v) is 8.84. The molecule has 1 heterocycles. The van der Waals surface area contributed by atoms with Crippen LogP contribution >= 0.6 is 11.6 Å². The number of primary sulfonamides is 1. The van der Waals surface area contributed by atoms with Crippen LogP contribution in [0, 0.1) is 0 Å². The van der Waals surface area contributed by atoms with Gasteiger partial charge in [0.15, 0.2) is 0 Å². The molecule has 0 radical (unpaired) electrons. The quantitative estimate of drug-likeness (QED) is 0.599. The lowest BCUT2D eigenvalue weighted by molar-refractivity contribution is -0.0496. The smallest absolute Gasteiger partial charge is 0.387 e. The maximum atomic E-state index is 12.9. The van der Waals surface area contributed by atoms with Gasteiger partial charge in [-0.25, -0.2) is 13.6 Å². The van der Waals surface area contributed by atoms with Crippen molar-refractivity contribution in [2.75, 3.05) is 0 Å². The molecule has 4 rings (SSSR count). The molecule has 1 atom stereocenters. The first-order valence-electron chi connectivity index (χ1n) is 8.85. The standard InChI is InChI=1S/C21H16ClF2NO4S/c22-14-7-5-13(6-8-14)20-16-10-12(11-30(25,26)27)4-9-15(16)19-17(28-20)2-1-3-18(19)29-21(23)24/h1-10,20-21H,11H2,(H2,25,26,27). The van der Waals surface area contributed by atoms with Gasteiger partial charge in [-0.3, -0.25) is 0 Å². The van der Waals surface area contributed by atoms with E-state index in [1.807, 2.05) is 0 Å². The first-order valence-corrected chi connectivity index (χ1v) is 10.9. The average Bonchev–Trinajstić information content (AvgIpc) is 2.66. The van der Waals surface area contributed by atoms with E-state index >= 15 is 0 Å². The number of hydrogen-bond donors (Lipinski definition) is 1. The predicted molar refractivity (Wildman–Crippen MR) is 109 cm³/mol. The molecule has 3 aromatic rings. The Bertz CT molecular complexity index is 1200. The van der Waals surface area contributed by atoms with Gasteiger partial charge in [-0.2, -0.15) is 8.78 Å². The zero-order valence-corrected chi connectivity index (χ0v) is 17.0. The van der Waals surface area contributed by atoms with Gasteiger partial charge >= 0.3 is 6.61 Å². The van der Waals surface area contributed by atoms with Gasteiger partial charge in [0.25, 0.3) is 0 Å². The molecule has 0 aromatic heterocycles. The molecular weight excluding hydrogens is 436 g/mol. The van der Waals surface area contributed by atoms with E-state index in [1.165, 1.54) is 6.07 Å². The van der Waals surface area contributed by atoms with Gasteiger partial charge in [-0.1, -0.05) is 48.0 Å². The fourth-order valence-corrected chi connectivity index (χ4v) is 4.29. The molecule has 5 nitrogen and oxygen atoms in total. The zero-order valence-electron chi connectivity index (χ0n) is 15.4. The lowest BCUT2D eigenvalue weighted by Gasteiger charge is -2.30. The van der Waals surface area contributed by atoms with Crippen LogP contribution in [0.1, 0.15) is 22.8 Å². The first kappa shape index (κ1) is 20.6. The van der Waals surface area contributed by atoms with Crippen LogP contribution in [0.2, 0.25) is 5.02 Å². The Labute approximate surface area is 177 Å². The van der Waals surface area contributed by atoms with Crippen molar-refractivity contribution in [3.8, 4) is 22.6 Å². The third-order valence-corrected chi connectivity index (χ3v) is 5.64. The van der Waals surface area contributed by atoms with Crippen molar-refractivity contribution in [3.63, 3.8) is 0 Å². The van der Waals surface area contributed by atoms with Gasteiger partial charge in [0, 0.05) is 10.6 Å². The molecular formula is C21H16ClF2NO4S. The van der Waals surface area contributed by atoms with Crippen LogP contribution in [0.4, 0.5) is 8.78 Å². The van der Waals surface area contributed by atoms with Crippen LogP contribution in [-0.4, -0.2) is 15.0 Å². The van der Waals surface area contributed by atoms with Crippen molar-refractivity contribution in [1.29, 1.82) is 0 Å². The van der Waals surface area contributed by atoms with Crippen molar-refractivity contribution in [1.82, 2.24) is 0 Å². The molecule has 0 fully saturated rings. The number of halogens is 3. The number of hydrogen-bond acceptors (Lipinski definition) is 4. The van der Waals surface area contributed by atoms with Crippen molar-refractivity contribution < 1.29 is 26.7 Å². The van der Waals surface area contributed by atoms with Crippen LogP contribution in [0.15, 0.2) is 60.7 Å². The predicted octanol–water partition coefficient (Wildman–Crippen LogP) is 4.88. The highest BCUT2D eigenvalue weighted by atomic mass is 35.5. The van der Waals surface area contributed by atoms with Crippen LogP contribution < -0.4 is 14.6 Å². The summed E-state index contributed by atoms with van der Waals surface area (Å²) >= 11 is 5.99. The highest BCUT2D eigenvalue weighted by Crippen LogP contribution is 2.49. The van der Waals surface area contributed by atoms with E-state index in [9.17, 15) is 17.2 Å². The van der Waals surface area contributed by atoms with Crippen molar-refractivity contribution in [2.24, 2.45) is 5.14 Å². The largest absolute Gasteiger partial charge is 0.480 e. The number of rotatable bonds is 5. The number of ether oxygens (including phenoxy) is 2. The third kappa shape index (κ3) is 4.26. The topological polar surface area (TPSA) is 78.6 Å². The molecule has 0 bridgehead atoms. The normalized spacial score (nSPS) is 15.3. The van der Waals surface area contributed by atoms with Gasteiger partial charge in [-0.05, 0) is 41.0 Å². The Morgan fingerprint density at radius 1 is 1.10 bits per heavy atom. The average molecular weight is 452 g/mol. The molecule has 0 spiro atoms. The van der Waals surface area contributed by atoms with Crippen LogP contribution in [0.5, 0.6) is 11.5 Å². The second kappa shape index (κ2) is 7.86. The molecule has 156 valence electrons. The molecule has 9 heteroatoms. The Balaban J connectivity index is 1.90. The van der Waals surface area contributed by atoms with E-state index in [-0.39, 0.29) is 11.5 Å². The summed E-state index contributed by atoms with van der Waals surface area (Å²) in [7, 11) is -3.76. The van der Waals surface area contributed by atoms with E-state index in [0.29, 0.717) is 33.0 Å². The Morgan fingerprint density at radius 2 is 1.83 bits per heavy atom. The summed E-state index contributed by atoms with van der Waals surface area (Å²) in [5, 5.41) is 5.73. The fraction of sp³-hybridized carbons (Fsp3) is 0.143. The summed E-state index contributed by atoms with van der Waals surface area (Å²) in [5.41, 5.74) is 2.80. The lowest BCUT2D eigenvalue weighted by atomic mass is 9.88. The van der Waals surface area contributed by atoms with E-state index in [2.05, 4.69) is 0 Å². The van der Waals surface area contributed by atoms with Crippen LogP contribution in [-0.2, 0) is 15.8 Å². The Kier molecular flexibility index (Phi) is 5.40. The van der Waals surface area contributed by atoms with Crippen LogP contribution in [0.25, 0.3) is 11.1 Å². The first-order chi connectivity index (χ1) is 14.2. The van der Waals surface area contributed by atoms with Crippen molar-refractivity contribution in [2.45, 2.75) is 18.5 Å². The van der Waals surface area contributed by atoms with Crippen molar-refractivity contribution in [3.05, 3.63) is 82.4 Å². The number of alkyl halides is 2. The summed E-state index contributed by atoms with van der Waals surface area (Å²) in [6.07, 6.45) is -0.605. The van der Waals surface area contributed by atoms with Crippen LogP contribution in [0.3, 0.4) is 0 Å². The molecule has 2 N–H and O–H groups in total. The van der Waals surface area contributed by atoms with E-state index in [1.54, 1.807) is 54.6 Å². The minimum atomic E-state index is -3.76. The summed E-state index contributed by atoms with van der Waals surface area (Å²) in [5.74, 6) is -0.0207. The van der Waals surface area contributed by atoms with Gasteiger partial charge in [-0.15, -0.1) is 0 Å². The summed E-state index contributed by atoms with van der Waals surface area (Å²) in [6, 6.07) is 16.6. The van der Waals surface area contributed by atoms with E-state index < -0.39 is 22.7 Å². The van der Waals surface area contributed by atoms with Crippen molar-refractivity contribution >= 4 is 21.6 Å². The highest BCUT2D eigenvalue weighted by molar-refractivity contribution is 7.88. The molecule has 0 saturated heterocycles. The number of fused-ring (bicyclic) bond motifs is 3. The number of nitrogens with two attached hydrogens (primary N) is 1. The molecule has 0 aliphatic carbocycles. The minimum absolute atomic E-state index is 0.0301. The third-order valence-electron chi connectivity index (χ3n) is 4.66. The Hall–Kier alpha value is -2.68. The number of sulfonamides is 1. The fourth-order valence-electron chi connectivity index (χ4n) is 3.52. The SMILES string of the molecule is NS(=O)(=O)Cc1ccc2c(c1)C(c1ccc(Cl)cc1)Oc1cccc(OC(F)F)c1-2. The van der Waals surface area contributed by atoms with Gasteiger partial charge in [0.05, 0.1) is 11.3 Å². The Morgan fingerprint density at radius 3 is 2.50 bits per heavy atom. The molecule has 0 amide bonds. The monoisotopic (exact) mass is 451 g/mol. The summed E-state index contributed by atoms with van der Waals surface area (Å²) < 4.78 is 59.8. The maximum Gasteiger partial charge on any atom is 0.387 e. The maximum absolute atomic E-state index is 12.9. The van der Waals surface area contributed by atoms with Gasteiger partial charge in [0.1, 0.15) is 17.6 Å². The minimum Gasteiger partial charge on any atom is -0.480 e. The van der Waals surface area contributed by atoms with E-state index in [4.69, 9.17) is 26.2 Å². The summed E-state index contributed by atoms with van der Waals surface area (Å²) in [4.78, 5) is 0. The van der Waals surface area contributed by atoms with E-state index in [0.717, 1.165) is 5.56 Å². The molecule has 1 unspecified atom stereocenters. The highest BCUT2D eigenvalue weighted by Gasteiger charge is 2.31. The lowest BCUT2D eigenvalue weighted by Crippen LogP contribution is -2.18. The number of benzene rings is 3. The second-order valence-electron chi connectivity index (χ2n) is 6.79. The molecule has 30 heavy (non-hydrogen) atoms. The molecule has 1 aliphatic heterocycles. The van der Waals surface area contributed by atoms with Gasteiger partial charge < -0.3 is 9.47 Å².